The Morgan fingerprint density at radius 1 is 0.730 bits per heavy atom. The lowest BCUT2D eigenvalue weighted by atomic mass is 10.0. The summed E-state index contributed by atoms with van der Waals surface area (Å²) in [7, 11) is 0. The quantitative estimate of drug-likeness (QED) is 0.414. The number of rotatable bonds is 8. The van der Waals surface area contributed by atoms with Gasteiger partial charge in [-0.25, -0.2) is 0 Å². The Hall–Kier alpha value is -2.65. The molecule has 0 saturated carbocycles. The highest BCUT2D eigenvalue weighted by atomic mass is 32.2. The zero-order chi connectivity index (χ0) is 28.1. The molecule has 4 N–H and O–H groups in total. The first-order valence-electron chi connectivity index (χ1n) is 12.3. The summed E-state index contributed by atoms with van der Waals surface area (Å²) in [6, 6.07) is 11.9. The van der Waals surface area contributed by atoms with E-state index in [1.165, 1.54) is 23.6 Å². The number of amides is 1. The van der Waals surface area contributed by atoms with E-state index in [0.29, 0.717) is 23.6 Å². The fourth-order valence-electron chi connectivity index (χ4n) is 3.91. The minimum atomic E-state index is -1.09. The summed E-state index contributed by atoms with van der Waals surface area (Å²) in [5.41, 5.74) is 14.2. The van der Waals surface area contributed by atoms with Crippen LogP contribution in [0.2, 0.25) is 0 Å². The molecular formula is C28H40N4O3S2. The van der Waals surface area contributed by atoms with Crippen LogP contribution in [0.15, 0.2) is 48.5 Å². The van der Waals surface area contributed by atoms with Crippen molar-refractivity contribution in [2.24, 2.45) is 0 Å². The maximum absolute atomic E-state index is 14.1. The zero-order valence-electron chi connectivity index (χ0n) is 23.1. The number of hydrogen-bond donors (Lipinski definition) is 2. The Labute approximate surface area is 229 Å². The number of likely N-dealkylation sites (N-methyl/N-ethyl adjacent to an activating group) is 1. The highest BCUT2D eigenvalue weighted by molar-refractivity contribution is 8.15. The van der Waals surface area contributed by atoms with Crippen molar-refractivity contribution in [3.63, 3.8) is 0 Å². The largest absolute Gasteiger partial charge is 0.399 e. The summed E-state index contributed by atoms with van der Waals surface area (Å²) >= 11 is 2.30. The molecule has 9 heteroatoms. The summed E-state index contributed by atoms with van der Waals surface area (Å²) in [6.07, 6.45) is 0. The van der Waals surface area contributed by atoms with Crippen molar-refractivity contribution in [1.82, 2.24) is 0 Å². The molecule has 0 fully saturated rings. The van der Waals surface area contributed by atoms with E-state index >= 15 is 0 Å². The Bertz CT molecular complexity index is 1090. The zero-order valence-corrected chi connectivity index (χ0v) is 24.7. The normalized spacial score (nSPS) is 13.5. The molecular weight excluding hydrogens is 504 g/mol. The van der Waals surface area contributed by atoms with Crippen LogP contribution in [0.25, 0.3) is 0 Å². The molecule has 7 nitrogen and oxygen atoms in total. The van der Waals surface area contributed by atoms with E-state index < -0.39 is 21.6 Å². The second kappa shape index (κ2) is 12.3. The van der Waals surface area contributed by atoms with Crippen LogP contribution in [-0.4, -0.2) is 44.3 Å². The van der Waals surface area contributed by atoms with Crippen molar-refractivity contribution < 1.29 is 14.4 Å². The summed E-state index contributed by atoms with van der Waals surface area (Å²) in [4.78, 5) is 44.7. The van der Waals surface area contributed by atoms with Crippen LogP contribution in [0, 0.1) is 0 Å². The Kier molecular flexibility index (Phi) is 10.1. The molecule has 0 bridgehead atoms. The van der Waals surface area contributed by atoms with Crippen LogP contribution in [0.1, 0.15) is 55.4 Å². The number of thioether (sulfide) groups is 2. The molecule has 2 rings (SSSR count). The summed E-state index contributed by atoms with van der Waals surface area (Å²) < 4.78 is -0.829. The van der Waals surface area contributed by atoms with Crippen molar-refractivity contribution >= 4 is 62.4 Å². The van der Waals surface area contributed by atoms with Crippen molar-refractivity contribution in [2.75, 3.05) is 27.8 Å². The first-order chi connectivity index (χ1) is 17.0. The molecule has 0 unspecified atom stereocenters. The summed E-state index contributed by atoms with van der Waals surface area (Å²) in [5.74, 6) is -0.343. The minimum absolute atomic E-state index is 0.194. The molecule has 2 atom stereocenters. The maximum atomic E-state index is 14.1. The van der Waals surface area contributed by atoms with Crippen LogP contribution < -0.4 is 21.3 Å². The Morgan fingerprint density at radius 2 is 1.11 bits per heavy atom. The number of carbonyl (C=O) groups excluding carboxylic acids is 3. The average Bonchev–Trinajstić information content (AvgIpc) is 2.75. The third-order valence-electron chi connectivity index (χ3n) is 5.29. The fraction of sp³-hybridized carbons (Fsp3) is 0.464. The Balaban J connectivity index is 2.82. The van der Waals surface area contributed by atoms with E-state index in [0.717, 1.165) is 17.4 Å². The molecule has 0 radical (unpaired) electrons. The molecule has 0 spiro atoms. The number of hydrogen-bond acceptors (Lipinski definition) is 8. The smallest absolute Gasteiger partial charge is 0.224 e. The van der Waals surface area contributed by atoms with Gasteiger partial charge in [0.1, 0.15) is 12.1 Å². The molecule has 0 aliphatic heterocycles. The van der Waals surface area contributed by atoms with Gasteiger partial charge in [0.25, 0.3) is 0 Å². The molecule has 0 heterocycles. The lowest BCUT2D eigenvalue weighted by Gasteiger charge is -2.42. The SMILES string of the molecule is CCN(c1ccc(N)cc1)[C@H](C(=O)SC(C)(C)C)[C@H](C(=O)SC(C)(C)C)N(C(C)=O)c1ccc(N)cc1. The van der Waals surface area contributed by atoms with Gasteiger partial charge in [-0.15, -0.1) is 0 Å². The van der Waals surface area contributed by atoms with E-state index in [2.05, 4.69) is 0 Å². The fourth-order valence-corrected chi connectivity index (χ4v) is 5.84. The second-order valence-electron chi connectivity index (χ2n) is 10.8. The van der Waals surface area contributed by atoms with Gasteiger partial charge in [-0.1, -0.05) is 65.1 Å². The van der Waals surface area contributed by atoms with Crippen LogP contribution in [0.5, 0.6) is 0 Å². The predicted molar refractivity (Wildman–Crippen MR) is 160 cm³/mol. The molecule has 202 valence electrons. The minimum Gasteiger partial charge on any atom is -0.399 e. The molecule has 2 aromatic carbocycles. The molecule has 0 aliphatic carbocycles. The molecule has 0 saturated heterocycles. The summed E-state index contributed by atoms with van der Waals surface area (Å²) in [5, 5.41) is -0.456. The number of carbonyl (C=O) groups is 3. The molecule has 0 aromatic heterocycles. The average molecular weight is 545 g/mol. The third kappa shape index (κ3) is 8.71. The summed E-state index contributed by atoms with van der Waals surface area (Å²) in [6.45, 7) is 15.4. The van der Waals surface area contributed by atoms with Gasteiger partial charge in [0.2, 0.25) is 16.1 Å². The number of nitrogens with two attached hydrogens (primary N) is 2. The second-order valence-corrected chi connectivity index (χ2v) is 14.5. The van der Waals surface area contributed by atoms with E-state index in [9.17, 15) is 14.4 Å². The number of anilines is 4. The van der Waals surface area contributed by atoms with Crippen molar-refractivity contribution in [2.45, 2.75) is 77.0 Å². The van der Waals surface area contributed by atoms with Gasteiger partial charge in [0, 0.05) is 45.7 Å². The van der Waals surface area contributed by atoms with E-state index in [1.807, 2.05) is 65.5 Å². The van der Waals surface area contributed by atoms with Gasteiger partial charge >= 0.3 is 0 Å². The maximum Gasteiger partial charge on any atom is 0.224 e. The topological polar surface area (TPSA) is 110 Å². The van der Waals surface area contributed by atoms with Gasteiger partial charge < -0.3 is 16.4 Å². The first kappa shape index (κ1) is 30.6. The molecule has 2 aromatic rings. The van der Waals surface area contributed by atoms with E-state index in [1.54, 1.807) is 36.4 Å². The monoisotopic (exact) mass is 544 g/mol. The van der Waals surface area contributed by atoms with Gasteiger partial charge in [-0.2, -0.15) is 0 Å². The van der Waals surface area contributed by atoms with Crippen molar-refractivity contribution in [1.29, 1.82) is 0 Å². The van der Waals surface area contributed by atoms with Gasteiger partial charge in [-0.3, -0.25) is 19.3 Å². The lowest BCUT2D eigenvalue weighted by molar-refractivity contribution is -0.122. The van der Waals surface area contributed by atoms with Crippen molar-refractivity contribution in [3.05, 3.63) is 48.5 Å². The van der Waals surface area contributed by atoms with Crippen LogP contribution in [-0.2, 0) is 14.4 Å². The third-order valence-corrected chi connectivity index (χ3v) is 7.40. The molecule has 0 aliphatic rings. The highest BCUT2D eigenvalue weighted by Crippen LogP contribution is 2.36. The lowest BCUT2D eigenvalue weighted by Crippen LogP contribution is -2.60. The van der Waals surface area contributed by atoms with Crippen LogP contribution in [0.4, 0.5) is 22.7 Å². The van der Waals surface area contributed by atoms with E-state index in [4.69, 9.17) is 11.5 Å². The van der Waals surface area contributed by atoms with Gasteiger partial charge in [0.05, 0.1) is 0 Å². The predicted octanol–water partition coefficient (Wildman–Crippen LogP) is 5.58. The van der Waals surface area contributed by atoms with E-state index in [-0.39, 0.29) is 16.1 Å². The standard InChI is InChI=1S/C28H40N4O3S2/c1-9-31(21-14-10-19(29)11-15-21)23(25(34)36-27(3,4)5)24(26(35)37-28(6,7)8)32(18(2)33)22-16-12-20(30)13-17-22/h10-17,23-24H,9,29-30H2,1-8H3/t23-,24+/m0/s1. The van der Waals surface area contributed by atoms with Gasteiger partial charge in [0.15, 0.2) is 0 Å². The molecule has 37 heavy (non-hydrogen) atoms. The molecule has 1 amide bonds. The Morgan fingerprint density at radius 3 is 1.46 bits per heavy atom. The number of nitrogens with zero attached hydrogens (tertiary/aromatic N) is 2. The van der Waals surface area contributed by atoms with Crippen molar-refractivity contribution in [3.8, 4) is 0 Å². The first-order valence-corrected chi connectivity index (χ1v) is 13.9. The number of nitrogen functional groups attached to an aromatic ring is 2. The highest BCUT2D eigenvalue weighted by Gasteiger charge is 2.45. The van der Waals surface area contributed by atoms with Crippen LogP contribution in [0.3, 0.4) is 0 Å². The van der Waals surface area contributed by atoms with Gasteiger partial charge in [-0.05, 0) is 55.5 Å². The van der Waals surface area contributed by atoms with Crippen LogP contribution >= 0.6 is 23.5 Å². The number of benzene rings is 2.